The molecular formula is C31H24N2O5. The number of ether oxygens (including phenoxy) is 1. The molecule has 4 aromatic rings. The Labute approximate surface area is 219 Å². The van der Waals surface area contributed by atoms with Crippen LogP contribution in [0.5, 0.6) is 5.75 Å². The van der Waals surface area contributed by atoms with Crippen molar-refractivity contribution in [2.75, 3.05) is 9.96 Å². The molecule has 2 fully saturated rings. The zero-order valence-corrected chi connectivity index (χ0v) is 20.6. The van der Waals surface area contributed by atoms with Crippen molar-refractivity contribution in [3.05, 3.63) is 126 Å². The van der Waals surface area contributed by atoms with Gasteiger partial charge < -0.3 is 4.74 Å². The normalized spacial score (nSPS) is 20.5. The van der Waals surface area contributed by atoms with Crippen molar-refractivity contribution in [2.45, 2.75) is 19.1 Å². The lowest BCUT2D eigenvalue weighted by Crippen LogP contribution is -2.37. The molecule has 0 N–H and O–H groups in total. The lowest BCUT2D eigenvalue weighted by atomic mass is 9.90. The SMILES string of the molecule is Cc1ccccc1N1C(=O)[C@@H]2[C@H](ON(c3ccccc3)[C@@H]2c2ccc(OC(=O)c3ccccc3)cc2)C1=O. The Balaban J connectivity index is 1.34. The van der Waals surface area contributed by atoms with Gasteiger partial charge in [0.15, 0.2) is 6.10 Å². The van der Waals surface area contributed by atoms with E-state index in [0.29, 0.717) is 17.0 Å². The molecule has 2 saturated heterocycles. The predicted molar refractivity (Wildman–Crippen MR) is 142 cm³/mol. The Morgan fingerprint density at radius 2 is 1.39 bits per heavy atom. The number of nitrogens with zero attached hydrogens (tertiary/aromatic N) is 2. The highest BCUT2D eigenvalue weighted by Gasteiger charge is 2.60. The third-order valence-corrected chi connectivity index (χ3v) is 6.92. The van der Waals surface area contributed by atoms with Gasteiger partial charge in [-0.3, -0.25) is 14.4 Å². The van der Waals surface area contributed by atoms with Crippen LogP contribution in [0.2, 0.25) is 0 Å². The zero-order chi connectivity index (χ0) is 26.2. The van der Waals surface area contributed by atoms with Gasteiger partial charge in [0.2, 0.25) is 5.91 Å². The van der Waals surface area contributed by atoms with Crippen LogP contribution in [0.25, 0.3) is 0 Å². The summed E-state index contributed by atoms with van der Waals surface area (Å²) >= 11 is 0. The molecule has 0 spiro atoms. The molecule has 2 aliphatic heterocycles. The summed E-state index contributed by atoms with van der Waals surface area (Å²) in [5.74, 6) is -1.53. The molecule has 2 amide bonds. The van der Waals surface area contributed by atoms with Gasteiger partial charge in [-0.25, -0.2) is 14.8 Å². The van der Waals surface area contributed by atoms with E-state index in [0.717, 1.165) is 16.8 Å². The molecular weight excluding hydrogens is 480 g/mol. The van der Waals surface area contributed by atoms with Crippen molar-refractivity contribution in [3.63, 3.8) is 0 Å². The number of amides is 2. The first kappa shape index (κ1) is 23.6. The van der Waals surface area contributed by atoms with Crippen molar-refractivity contribution in [1.29, 1.82) is 0 Å². The average molecular weight is 505 g/mol. The first-order valence-electron chi connectivity index (χ1n) is 12.3. The van der Waals surface area contributed by atoms with Gasteiger partial charge in [-0.1, -0.05) is 66.7 Å². The van der Waals surface area contributed by atoms with Crippen LogP contribution in [0, 0.1) is 12.8 Å². The Kier molecular flexibility index (Phi) is 5.98. The highest BCUT2D eigenvalue weighted by Crippen LogP contribution is 2.48. The van der Waals surface area contributed by atoms with E-state index >= 15 is 0 Å². The minimum atomic E-state index is -0.956. The summed E-state index contributed by atoms with van der Waals surface area (Å²) in [6.07, 6.45) is -0.956. The molecule has 4 aromatic carbocycles. The summed E-state index contributed by atoms with van der Waals surface area (Å²) in [4.78, 5) is 47.2. The number of hydroxylamine groups is 1. The molecule has 0 radical (unpaired) electrons. The predicted octanol–water partition coefficient (Wildman–Crippen LogP) is 5.27. The second-order valence-corrected chi connectivity index (χ2v) is 9.28. The topological polar surface area (TPSA) is 76.2 Å². The fourth-order valence-electron chi connectivity index (χ4n) is 5.08. The van der Waals surface area contributed by atoms with Crippen molar-refractivity contribution in [3.8, 4) is 5.75 Å². The first-order valence-corrected chi connectivity index (χ1v) is 12.3. The molecule has 0 bridgehead atoms. The van der Waals surface area contributed by atoms with E-state index in [4.69, 9.17) is 9.57 Å². The van der Waals surface area contributed by atoms with Gasteiger partial charge in [-0.05, 0) is 60.5 Å². The molecule has 2 heterocycles. The number of carbonyl (C=O) groups is 3. The monoisotopic (exact) mass is 504 g/mol. The van der Waals surface area contributed by atoms with E-state index in [2.05, 4.69) is 0 Å². The molecule has 6 rings (SSSR count). The molecule has 7 heteroatoms. The fourth-order valence-corrected chi connectivity index (χ4v) is 5.08. The molecule has 0 aromatic heterocycles. The Hall–Kier alpha value is -4.75. The third kappa shape index (κ3) is 4.03. The number of rotatable bonds is 5. The van der Waals surface area contributed by atoms with Crippen molar-refractivity contribution in [2.24, 2.45) is 5.92 Å². The van der Waals surface area contributed by atoms with Crippen molar-refractivity contribution in [1.82, 2.24) is 0 Å². The van der Waals surface area contributed by atoms with Gasteiger partial charge in [-0.15, -0.1) is 0 Å². The van der Waals surface area contributed by atoms with Gasteiger partial charge >= 0.3 is 5.97 Å². The first-order chi connectivity index (χ1) is 18.5. The standard InChI is InChI=1S/C31H24N2O5/c1-20-10-8-9-15-25(20)32-29(34)26-27(33(38-28(26)30(32)35)23-13-6-3-7-14-23)21-16-18-24(19-17-21)37-31(36)22-11-4-2-5-12-22/h2-19,26-28H,1H3/t26-,27+,28-/m0/s1. The Bertz CT molecular complexity index is 1500. The fraction of sp³-hybridized carbons (Fsp3) is 0.129. The number of imide groups is 1. The van der Waals surface area contributed by atoms with E-state index in [1.807, 2.05) is 55.5 Å². The van der Waals surface area contributed by atoms with Gasteiger partial charge in [0, 0.05) is 0 Å². The molecule has 2 aliphatic rings. The van der Waals surface area contributed by atoms with Crippen LogP contribution < -0.4 is 14.7 Å². The van der Waals surface area contributed by atoms with Crippen LogP contribution in [0.1, 0.15) is 27.5 Å². The highest BCUT2D eigenvalue weighted by molar-refractivity contribution is 6.24. The van der Waals surface area contributed by atoms with E-state index in [9.17, 15) is 14.4 Å². The van der Waals surface area contributed by atoms with Crippen LogP contribution in [0.3, 0.4) is 0 Å². The van der Waals surface area contributed by atoms with Gasteiger partial charge in [0.05, 0.1) is 23.0 Å². The largest absolute Gasteiger partial charge is 0.423 e. The summed E-state index contributed by atoms with van der Waals surface area (Å²) in [6.45, 7) is 1.87. The average Bonchev–Trinajstić information content (AvgIpc) is 3.46. The maximum absolute atomic E-state index is 13.8. The molecule has 0 aliphatic carbocycles. The van der Waals surface area contributed by atoms with Crippen molar-refractivity contribution < 1.29 is 24.0 Å². The van der Waals surface area contributed by atoms with E-state index in [1.54, 1.807) is 65.7 Å². The number of esters is 1. The summed E-state index contributed by atoms with van der Waals surface area (Å²) in [5.41, 5.74) is 3.33. The smallest absolute Gasteiger partial charge is 0.343 e. The quantitative estimate of drug-likeness (QED) is 0.210. The van der Waals surface area contributed by atoms with Gasteiger partial charge in [0.25, 0.3) is 5.91 Å². The van der Waals surface area contributed by atoms with Crippen LogP contribution >= 0.6 is 0 Å². The third-order valence-electron chi connectivity index (χ3n) is 6.92. The highest BCUT2D eigenvalue weighted by atomic mass is 16.7. The van der Waals surface area contributed by atoms with Crippen LogP contribution in [0.15, 0.2) is 109 Å². The summed E-state index contributed by atoms with van der Waals surface area (Å²) < 4.78 is 5.53. The van der Waals surface area contributed by atoms with Gasteiger partial charge in [0.1, 0.15) is 11.7 Å². The molecule has 0 saturated carbocycles. The minimum absolute atomic E-state index is 0.308. The number of aryl methyl sites for hydroxylation is 1. The molecule has 38 heavy (non-hydrogen) atoms. The Morgan fingerprint density at radius 1 is 0.763 bits per heavy atom. The molecule has 3 atom stereocenters. The number of para-hydroxylation sites is 2. The second-order valence-electron chi connectivity index (χ2n) is 9.28. The second kappa shape index (κ2) is 9.61. The van der Waals surface area contributed by atoms with Crippen LogP contribution in [-0.2, 0) is 14.4 Å². The summed E-state index contributed by atoms with van der Waals surface area (Å²) in [7, 11) is 0. The van der Waals surface area contributed by atoms with Crippen LogP contribution in [-0.4, -0.2) is 23.9 Å². The zero-order valence-electron chi connectivity index (χ0n) is 20.6. The number of fused-ring (bicyclic) bond motifs is 1. The number of carbonyl (C=O) groups excluding carboxylic acids is 3. The lowest BCUT2D eigenvalue weighted by molar-refractivity contribution is -0.126. The summed E-state index contributed by atoms with van der Waals surface area (Å²) in [5, 5.41) is 1.64. The number of benzene rings is 4. The molecule has 7 nitrogen and oxygen atoms in total. The number of anilines is 2. The van der Waals surface area contributed by atoms with Gasteiger partial charge in [-0.2, -0.15) is 0 Å². The van der Waals surface area contributed by atoms with E-state index in [-0.39, 0.29) is 11.8 Å². The van der Waals surface area contributed by atoms with E-state index in [1.165, 1.54) is 4.90 Å². The Morgan fingerprint density at radius 3 is 2.08 bits per heavy atom. The maximum atomic E-state index is 13.8. The maximum Gasteiger partial charge on any atom is 0.343 e. The van der Waals surface area contributed by atoms with Crippen LogP contribution in [0.4, 0.5) is 11.4 Å². The summed E-state index contributed by atoms with van der Waals surface area (Å²) in [6, 6.07) is 31.9. The lowest BCUT2D eigenvalue weighted by Gasteiger charge is -2.29. The molecule has 0 unspecified atom stereocenters. The van der Waals surface area contributed by atoms with E-state index < -0.39 is 24.0 Å². The molecule has 188 valence electrons. The van der Waals surface area contributed by atoms with Crippen molar-refractivity contribution >= 4 is 29.2 Å². The minimum Gasteiger partial charge on any atom is -0.423 e. The number of hydrogen-bond donors (Lipinski definition) is 0. The number of hydrogen-bond acceptors (Lipinski definition) is 6.